The molecule has 0 spiro atoms. The van der Waals surface area contributed by atoms with Crippen LogP contribution in [0.25, 0.3) is 0 Å². The maximum Gasteiger partial charge on any atom is 0.308 e. The van der Waals surface area contributed by atoms with Crippen molar-refractivity contribution < 1.29 is 47.7 Å². The van der Waals surface area contributed by atoms with E-state index < -0.39 is 17.9 Å². The number of amides is 2. The second-order valence-corrected chi connectivity index (χ2v) is 6.96. The molecule has 0 N–H and O–H groups in total. The highest BCUT2D eigenvalue weighted by atomic mass is 16.6. The van der Waals surface area contributed by atoms with Crippen LogP contribution in [0, 0.1) is 0 Å². The molecule has 0 heterocycles. The first kappa shape index (κ1) is 29.8. The fourth-order valence-corrected chi connectivity index (χ4v) is 2.35. The minimum atomic E-state index is -0.701. The molecule has 12 heteroatoms. The number of hydrogen-bond donors (Lipinski definition) is 0. The Kier molecular flexibility index (Phi) is 15.7. The van der Waals surface area contributed by atoms with Gasteiger partial charge in [-0.1, -0.05) is 6.92 Å². The van der Waals surface area contributed by atoms with Gasteiger partial charge in [0.15, 0.2) is 6.73 Å². The number of ether oxygens (including phenoxy) is 4. The van der Waals surface area contributed by atoms with Crippen LogP contribution in [-0.4, -0.2) is 91.7 Å². The normalized spacial score (nSPS) is 10.1. The molecule has 0 aromatic heterocycles. The molecule has 0 rings (SSSR count). The summed E-state index contributed by atoms with van der Waals surface area (Å²) in [5.74, 6) is -2.81. The number of carbonyl (C=O) groups is 6. The highest BCUT2D eigenvalue weighted by Gasteiger charge is 2.15. The van der Waals surface area contributed by atoms with Crippen molar-refractivity contribution in [1.82, 2.24) is 9.80 Å². The lowest BCUT2D eigenvalue weighted by molar-refractivity contribution is -0.157. The Hall–Kier alpha value is -3.18. The molecule has 0 aliphatic carbocycles. The Balaban J connectivity index is 4.16. The molecule has 0 aliphatic rings. The fraction of sp³-hybridized carbons (Fsp3) is 0.714. The van der Waals surface area contributed by atoms with Gasteiger partial charge >= 0.3 is 23.9 Å². The van der Waals surface area contributed by atoms with Crippen molar-refractivity contribution in [3.63, 3.8) is 0 Å². The molecule has 12 nitrogen and oxygen atoms in total. The van der Waals surface area contributed by atoms with Gasteiger partial charge in [0, 0.05) is 27.2 Å². The third-order valence-electron chi connectivity index (χ3n) is 4.17. The first-order chi connectivity index (χ1) is 15.6. The SMILES string of the molecule is CCCC(=O)OCCN(COC(=O)CCC(=O)OCCN(CCOC(C)=O)C(C)=O)C(C)=O. The van der Waals surface area contributed by atoms with Gasteiger partial charge in [-0.3, -0.25) is 28.8 Å². The van der Waals surface area contributed by atoms with Gasteiger partial charge < -0.3 is 28.7 Å². The number of rotatable bonds is 16. The first-order valence-corrected chi connectivity index (χ1v) is 10.7. The second kappa shape index (κ2) is 17.4. The highest BCUT2D eigenvalue weighted by Crippen LogP contribution is 2.00. The van der Waals surface area contributed by atoms with E-state index >= 15 is 0 Å². The third kappa shape index (κ3) is 16.2. The van der Waals surface area contributed by atoms with Crippen LogP contribution < -0.4 is 0 Å². The van der Waals surface area contributed by atoms with Crippen molar-refractivity contribution >= 4 is 35.7 Å². The molecule has 33 heavy (non-hydrogen) atoms. The highest BCUT2D eigenvalue weighted by molar-refractivity contribution is 5.78. The van der Waals surface area contributed by atoms with Gasteiger partial charge in [0.2, 0.25) is 11.8 Å². The van der Waals surface area contributed by atoms with E-state index in [2.05, 4.69) is 0 Å². The maximum atomic E-state index is 11.8. The number of nitrogens with zero attached hydrogens (tertiary/aromatic N) is 2. The lowest BCUT2D eigenvalue weighted by Crippen LogP contribution is -2.36. The van der Waals surface area contributed by atoms with Gasteiger partial charge in [0.05, 0.1) is 32.5 Å². The van der Waals surface area contributed by atoms with E-state index in [1.165, 1.54) is 30.6 Å². The minimum absolute atomic E-state index is 0.0134. The topological polar surface area (TPSA) is 146 Å². The van der Waals surface area contributed by atoms with E-state index in [9.17, 15) is 28.8 Å². The number of hydrogen-bond acceptors (Lipinski definition) is 10. The van der Waals surface area contributed by atoms with Crippen molar-refractivity contribution in [1.29, 1.82) is 0 Å². The Bertz CT molecular complexity index is 680. The van der Waals surface area contributed by atoms with E-state index in [0.29, 0.717) is 6.42 Å². The molecule has 0 bridgehead atoms. The smallest absolute Gasteiger partial charge is 0.308 e. The lowest BCUT2D eigenvalue weighted by atomic mass is 10.3. The van der Waals surface area contributed by atoms with E-state index in [1.807, 2.05) is 6.92 Å². The van der Waals surface area contributed by atoms with Crippen LogP contribution in [0.15, 0.2) is 0 Å². The summed E-state index contributed by atoms with van der Waals surface area (Å²) < 4.78 is 19.7. The third-order valence-corrected chi connectivity index (χ3v) is 4.17. The van der Waals surface area contributed by atoms with Gasteiger partial charge in [0.25, 0.3) is 0 Å². The Morgan fingerprint density at radius 3 is 1.45 bits per heavy atom. The zero-order valence-electron chi connectivity index (χ0n) is 19.8. The number of esters is 4. The Morgan fingerprint density at radius 1 is 0.576 bits per heavy atom. The van der Waals surface area contributed by atoms with Crippen LogP contribution in [0.3, 0.4) is 0 Å². The van der Waals surface area contributed by atoms with E-state index in [4.69, 9.17) is 18.9 Å². The predicted octanol–water partition coefficient (Wildman–Crippen LogP) is 0.414. The summed E-state index contributed by atoms with van der Waals surface area (Å²) in [6.45, 7) is 5.69. The van der Waals surface area contributed by atoms with E-state index in [-0.39, 0.29) is 83.2 Å². The summed E-state index contributed by atoms with van der Waals surface area (Å²) in [6.07, 6.45) is 0.451. The molecule has 0 atom stereocenters. The van der Waals surface area contributed by atoms with Gasteiger partial charge in [0.1, 0.15) is 19.8 Å². The van der Waals surface area contributed by atoms with Crippen LogP contribution in [0.4, 0.5) is 0 Å². The standard InChI is InChI=1S/C21H34N2O10/c1-5-6-19(27)31-14-11-23(17(3)25)15-33-21(29)8-7-20(28)32-13-10-22(16(2)24)9-12-30-18(4)26/h5-15H2,1-4H3. The zero-order chi connectivity index (χ0) is 25.2. The first-order valence-electron chi connectivity index (χ1n) is 10.7. The van der Waals surface area contributed by atoms with Crippen LogP contribution in [0.2, 0.25) is 0 Å². The molecule has 188 valence electrons. The van der Waals surface area contributed by atoms with Gasteiger partial charge in [-0.25, -0.2) is 0 Å². The van der Waals surface area contributed by atoms with Crippen molar-refractivity contribution in [3.8, 4) is 0 Å². The van der Waals surface area contributed by atoms with E-state index in [1.54, 1.807) is 0 Å². The fourth-order valence-electron chi connectivity index (χ4n) is 2.35. The average molecular weight is 475 g/mol. The van der Waals surface area contributed by atoms with Crippen molar-refractivity contribution in [3.05, 3.63) is 0 Å². The molecule has 0 aliphatic heterocycles. The molecule has 0 fully saturated rings. The molecule has 0 saturated heterocycles. The van der Waals surface area contributed by atoms with Crippen LogP contribution in [0.5, 0.6) is 0 Å². The van der Waals surface area contributed by atoms with Crippen molar-refractivity contribution in [2.75, 3.05) is 46.2 Å². The molecular formula is C21H34N2O10. The van der Waals surface area contributed by atoms with Gasteiger partial charge in [-0.05, 0) is 6.42 Å². The minimum Gasteiger partial charge on any atom is -0.464 e. The van der Waals surface area contributed by atoms with E-state index in [0.717, 1.165) is 0 Å². The van der Waals surface area contributed by atoms with Crippen LogP contribution in [-0.2, 0) is 47.7 Å². The molecular weight excluding hydrogens is 440 g/mol. The van der Waals surface area contributed by atoms with Gasteiger partial charge in [-0.15, -0.1) is 0 Å². The van der Waals surface area contributed by atoms with Crippen molar-refractivity contribution in [2.45, 2.75) is 53.4 Å². The second-order valence-electron chi connectivity index (χ2n) is 6.96. The summed E-state index contributed by atoms with van der Waals surface area (Å²) in [6, 6.07) is 0. The number of carbonyl (C=O) groups excluding carboxylic acids is 6. The summed E-state index contributed by atoms with van der Waals surface area (Å²) in [5.41, 5.74) is 0. The van der Waals surface area contributed by atoms with Crippen molar-refractivity contribution in [2.24, 2.45) is 0 Å². The van der Waals surface area contributed by atoms with Gasteiger partial charge in [-0.2, -0.15) is 0 Å². The summed E-state index contributed by atoms with van der Waals surface area (Å²) >= 11 is 0. The average Bonchev–Trinajstić information content (AvgIpc) is 2.73. The monoisotopic (exact) mass is 474 g/mol. The predicted molar refractivity (Wildman–Crippen MR) is 113 cm³/mol. The summed E-state index contributed by atoms with van der Waals surface area (Å²) in [7, 11) is 0. The molecule has 0 radical (unpaired) electrons. The molecule has 2 amide bonds. The quantitative estimate of drug-likeness (QED) is 0.175. The summed E-state index contributed by atoms with van der Waals surface area (Å²) in [5, 5.41) is 0. The Morgan fingerprint density at radius 2 is 1.00 bits per heavy atom. The largest absolute Gasteiger partial charge is 0.464 e. The zero-order valence-corrected chi connectivity index (χ0v) is 19.8. The molecule has 0 aromatic rings. The maximum absolute atomic E-state index is 11.8. The Labute approximate surface area is 193 Å². The lowest BCUT2D eigenvalue weighted by Gasteiger charge is -2.21. The van der Waals surface area contributed by atoms with Crippen LogP contribution >= 0.6 is 0 Å². The molecule has 0 unspecified atom stereocenters. The molecule has 0 aromatic carbocycles. The van der Waals surface area contributed by atoms with Crippen LogP contribution in [0.1, 0.15) is 53.4 Å². The molecule has 0 saturated carbocycles. The summed E-state index contributed by atoms with van der Waals surface area (Å²) in [4.78, 5) is 71.4.